The zero-order valence-corrected chi connectivity index (χ0v) is 18.8. The summed E-state index contributed by atoms with van der Waals surface area (Å²) in [6.07, 6.45) is 2.63. The number of amides is 2. The maximum absolute atomic E-state index is 12.7. The summed E-state index contributed by atoms with van der Waals surface area (Å²) in [4.78, 5) is 36.6. The van der Waals surface area contributed by atoms with Gasteiger partial charge >= 0.3 is 12.1 Å². The lowest BCUT2D eigenvalue weighted by molar-refractivity contribution is -0.143. The number of unbranched alkanes of at least 4 members (excludes halogenated alkanes) is 1. The molecule has 2 aliphatic rings. The molecule has 1 fully saturated rings. The van der Waals surface area contributed by atoms with Gasteiger partial charge in [0.15, 0.2) is 0 Å². The molecule has 0 radical (unpaired) electrons. The van der Waals surface area contributed by atoms with Gasteiger partial charge in [-0.3, -0.25) is 4.79 Å². The maximum atomic E-state index is 12.7. The lowest BCUT2D eigenvalue weighted by atomic mass is 9.98. The fraction of sp³-hybridized carbons (Fsp3) is 0.423. The number of carboxylic acid groups (broad SMARTS) is 1. The van der Waals surface area contributed by atoms with Gasteiger partial charge in [0.1, 0.15) is 12.6 Å². The van der Waals surface area contributed by atoms with E-state index in [1.807, 2.05) is 31.2 Å². The Kier molecular flexibility index (Phi) is 6.67. The maximum Gasteiger partial charge on any atom is 0.407 e. The highest BCUT2D eigenvalue weighted by Gasteiger charge is 2.50. The van der Waals surface area contributed by atoms with Crippen LogP contribution in [0, 0.1) is 5.41 Å². The van der Waals surface area contributed by atoms with Gasteiger partial charge in [0.05, 0.1) is 5.41 Å². The Morgan fingerprint density at radius 2 is 1.67 bits per heavy atom. The number of aliphatic carboxylic acids is 1. The molecule has 2 amide bonds. The van der Waals surface area contributed by atoms with Crippen LogP contribution in [0.2, 0.25) is 0 Å². The van der Waals surface area contributed by atoms with Crippen LogP contribution in [0.1, 0.15) is 56.1 Å². The molecule has 33 heavy (non-hydrogen) atoms. The summed E-state index contributed by atoms with van der Waals surface area (Å²) in [6, 6.07) is 15.3. The standard InChI is InChI=1S/C26H30N2O5/c1-2-3-12-22(23(29)30)28-24(31)26(13-14-26)16-27-25(32)33-15-21-19-10-6-4-8-17(19)18-9-5-7-11-20(18)21/h4-11,21-22H,2-3,12-16H2,1H3,(H,27,32)(H,28,31)(H,29,30)/t22-/m0/s1. The van der Waals surface area contributed by atoms with Crippen molar-refractivity contribution < 1.29 is 24.2 Å². The Bertz CT molecular complexity index is 1000. The summed E-state index contributed by atoms with van der Waals surface area (Å²) in [7, 11) is 0. The van der Waals surface area contributed by atoms with Crippen molar-refractivity contribution >= 4 is 18.0 Å². The van der Waals surface area contributed by atoms with E-state index in [9.17, 15) is 19.5 Å². The monoisotopic (exact) mass is 450 g/mol. The second-order valence-corrected chi connectivity index (χ2v) is 8.97. The van der Waals surface area contributed by atoms with E-state index in [1.165, 1.54) is 0 Å². The number of rotatable bonds is 10. The highest BCUT2D eigenvalue weighted by molar-refractivity contribution is 5.90. The summed E-state index contributed by atoms with van der Waals surface area (Å²) < 4.78 is 5.54. The van der Waals surface area contributed by atoms with E-state index in [1.54, 1.807) is 0 Å². The van der Waals surface area contributed by atoms with Crippen LogP contribution in [0.5, 0.6) is 0 Å². The van der Waals surface area contributed by atoms with Gasteiger partial charge in [-0.2, -0.15) is 0 Å². The first-order chi connectivity index (χ1) is 15.9. The van der Waals surface area contributed by atoms with E-state index >= 15 is 0 Å². The van der Waals surface area contributed by atoms with E-state index in [4.69, 9.17) is 4.74 Å². The van der Waals surface area contributed by atoms with Crippen LogP contribution in [0.4, 0.5) is 4.79 Å². The summed E-state index contributed by atoms with van der Waals surface area (Å²) in [5, 5.41) is 14.7. The second kappa shape index (κ2) is 9.65. The zero-order chi connectivity index (χ0) is 23.4. The van der Waals surface area contributed by atoms with Crippen molar-refractivity contribution in [2.75, 3.05) is 13.2 Å². The van der Waals surface area contributed by atoms with Crippen molar-refractivity contribution in [2.24, 2.45) is 5.41 Å². The van der Waals surface area contributed by atoms with Crippen LogP contribution < -0.4 is 10.6 Å². The summed E-state index contributed by atoms with van der Waals surface area (Å²) in [6.45, 7) is 2.31. The van der Waals surface area contributed by atoms with Crippen LogP contribution in [-0.2, 0) is 14.3 Å². The molecule has 0 saturated heterocycles. The molecule has 0 heterocycles. The average molecular weight is 451 g/mol. The summed E-state index contributed by atoms with van der Waals surface area (Å²) in [5.74, 6) is -1.38. The van der Waals surface area contributed by atoms with Crippen molar-refractivity contribution in [1.82, 2.24) is 10.6 Å². The largest absolute Gasteiger partial charge is 0.480 e. The van der Waals surface area contributed by atoms with Gasteiger partial charge in [-0.05, 0) is 41.5 Å². The van der Waals surface area contributed by atoms with Crippen molar-refractivity contribution in [3.8, 4) is 11.1 Å². The minimum absolute atomic E-state index is 0.0313. The Hall–Kier alpha value is -3.35. The van der Waals surface area contributed by atoms with E-state index in [2.05, 4.69) is 34.9 Å². The van der Waals surface area contributed by atoms with Gasteiger partial charge in [0.25, 0.3) is 0 Å². The smallest absolute Gasteiger partial charge is 0.407 e. The highest BCUT2D eigenvalue weighted by atomic mass is 16.5. The van der Waals surface area contributed by atoms with Crippen molar-refractivity contribution in [3.63, 3.8) is 0 Å². The van der Waals surface area contributed by atoms with Gasteiger partial charge in [0.2, 0.25) is 5.91 Å². The Morgan fingerprint density at radius 3 is 2.21 bits per heavy atom. The lowest BCUT2D eigenvalue weighted by Crippen LogP contribution is -2.47. The first-order valence-corrected chi connectivity index (χ1v) is 11.6. The number of hydrogen-bond acceptors (Lipinski definition) is 4. The second-order valence-electron chi connectivity index (χ2n) is 8.97. The molecule has 7 heteroatoms. The Morgan fingerprint density at radius 1 is 1.06 bits per heavy atom. The minimum Gasteiger partial charge on any atom is -0.480 e. The number of ether oxygens (including phenoxy) is 1. The van der Waals surface area contributed by atoms with E-state index in [-0.39, 0.29) is 25.0 Å². The third kappa shape index (κ3) is 4.87. The Labute approximate surface area is 193 Å². The van der Waals surface area contributed by atoms with Gasteiger partial charge in [0, 0.05) is 12.5 Å². The van der Waals surface area contributed by atoms with Gasteiger partial charge in [-0.25, -0.2) is 9.59 Å². The fourth-order valence-electron chi connectivity index (χ4n) is 4.50. The molecule has 2 aliphatic carbocycles. The zero-order valence-electron chi connectivity index (χ0n) is 18.8. The topological polar surface area (TPSA) is 105 Å². The molecule has 3 N–H and O–H groups in total. The molecule has 0 bridgehead atoms. The predicted octanol–water partition coefficient (Wildman–Crippen LogP) is 4.06. The molecular weight excluding hydrogens is 420 g/mol. The number of benzene rings is 2. The number of nitrogens with one attached hydrogen (secondary N) is 2. The number of carboxylic acids is 1. The summed E-state index contributed by atoms with van der Waals surface area (Å²) >= 11 is 0. The molecule has 0 unspecified atom stereocenters. The lowest BCUT2D eigenvalue weighted by Gasteiger charge is -2.20. The normalized spacial score (nSPS) is 16.3. The predicted molar refractivity (Wildman–Crippen MR) is 124 cm³/mol. The quantitative estimate of drug-likeness (QED) is 0.506. The average Bonchev–Trinajstić information content (AvgIpc) is 3.55. The highest BCUT2D eigenvalue weighted by Crippen LogP contribution is 2.46. The molecule has 174 valence electrons. The Balaban J connectivity index is 1.31. The first-order valence-electron chi connectivity index (χ1n) is 11.6. The molecule has 4 rings (SSSR count). The van der Waals surface area contributed by atoms with Crippen LogP contribution >= 0.6 is 0 Å². The molecule has 1 saturated carbocycles. The van der Waals surface area contributed by atoms with Crippen molar-refractivity contribution in [2.45, 2.75) is 51.0 Å². The van der Waals surface area contributed by atoms with E-state index < -0.39 is 23.5 Å². The van der Waals surface area contributed by atoms with Gasteiger partial charge in [-0.15, -0.1) is 0 Å². The molecule has 1 atom stereocenters. The fourth-order valence-corrected chi connectivity index (χ4v) is 4.50. The number of carbonyl (C=O) groups is 3. The minimum atomic E-state index is -1.03. The van der Waals surface area contributed by atoms with Gasteiger partial charge in [-0.1, -0.05) is 68.3 Å². The molecule has 0 aliphatic heterocycles. The molecule has 2 aromatic carbocycles. The van der Waals surface area contributed by atoms with E-state index in [0.717, 1.165) is 35.1 Å². The number of hydrogen-bond donors (Lipinski definition) is 3. The summed E-state index contributed by atoms with van der Waals surface area (Å²) in [5.41, 5.74) is 3.84. The number of alkyl carbamates (subject to hydrolysis) is 1. The number of fused-ring (bicyclic) bond motifs is 3. The van der Waals surface area contributed by atoms with Crippen molar-refractivity contribution in [1.29, 1.82) is 0 Å². The molecule has 0 spiro atoms. The first kappa shape index (κ1) is 22.8. The molecule has 7 nitrogen and oxygen atoms in total. The van der Waals surface area contributed by atoms with Crippen LogP contribution in [0.25, 0.3) is 11.1 Å². The van der Waals surface area contributed by atoms with Crippen molar-refractivity contribution in [3.05, 3.63) is 59.7 Å². The molecular formula is C26H30N2O5. The van der Waals surface area contributed by atoms with Crippen LogP contribution in [0.3, 0.4) is 0 Å². The number of carbonyl (C=O) groups excluding carboxylic acids is 2. The third-order valence-corrected chi connectivity index (χ3v) is 6.70. The van der Waals surface area contributed by atoms with Crippen LogP contribution in [-0.4, -0.2) is 42.3 Å². The SMILES string of the molecule is CCCC[C@H](NC(=O)C1(CNC(=O)OCC2c3ccccc3-c3ccccc32)CC1)C(=O)O. The van der Waals surface area contributed by atoms with E-state index in [0.29, 0.717) is 19.3 Å². The van der Waals surface area contributed by atoms with Gasteiger partial charge < -0.3 is 20.5 Å². The van der Waals surface area contributed by atoms with Crippen LogP contribution in [0.15, 0.2) is 48.5 Å². The third-order valence-electron chi connectivity index (χ3n) is 6.70. The molecule has 0 aromatic heterocycles. The molecule has 2 aromatic rings.